The summed E-state index contributed by atoms with van der Waals surface area (Å²) in [5, 5.41) is 14.1. The van der Waals surface area contributed by atoms with Gasteiger partial charge in [0.15, 0.2) is 11.0 Å². The zero-order valence-corrected chi connectivity index (χ0v) is 20.5. The minimum Gasteiger partial charge on any atom is -0.342 e. The van der Waals surface area contributed by atoms with Crippen LogP contribution in [0, 0.1) is 5.92 Å². The van der Waals surface area contributed by atoms with E-state index < -0.39 is 0 Å². The largest absolute Gasteiger partial charge is 0.342 e. The zero-order valence-electron chi connectivity index (χ0n) is 17.4. The summed E-state index contributed by atoms with van der Waals surface area (Å²) >= 11 is 19.9. The summed E-state index contributed by atoms with van der Waals surface area (Å²) in [7, 11) is 0. The highest BCUT2D eigenvalue weighted by atomic mass is 35.5. The summed E-state index contributed by atoms with van der Waals surface area (Å²) in [6.45, 7) is 6.78. The first kappa shape index (κ1) is 23.9. The van der Waals surface area contributed by atoms with Crippen molar-refractivity contribution < 1.29 is 4.79 Å². The molecule has 0 spiro atoms. The normalized spacial score (nSPS) is 12.2. The van der Waals surface area contributed by atoms with E-state index in [9.17, 15) is 4.79 Å². The van der Waals surface area contributed by atoms with Crippen molar-refractivity contribution in [1.29, 1.82) is 0 Å². The van der Waals surface area contributed by atoms with E-state index in [-0.39, 0.29) is 17.9 Å². The number of carbonyl (C=O) groups is 1. The van der Waals surface area contributed by atoms with Gasteiger partial charge >= 0.3 is 0 Å². The molecule has 1 amide bonds. The number of halogens is 3. The molecule has 0 radical (unpaired) electrons. The summed E-state index contributed by atoms with van der Waals surface area (Å²) in [4.78, 5) is 12.8. The molecular formula is C22H23Cl3N4OS. The minimum absolute atomic E-state index is 0.105. The highest BCUT2D eigenvalue weighted by molar-refractivity contribution is 7.98. The van der Waals surface area contributed by atoms with E-state index in [0.717, 1.165) is 16.5 Å². The Morgan fingerprint density at radius 2 is 1.81 bits per heavy atom. The van der Waals surface area contributed by atoms with Crippen LogP contribution in [0.2, 0.25) is 15.1 Å². The summed E-state index contributed by atoms with van der Waals surface area (Å²) in [6.07, 6.45) is 0. The Hall–Kier alpha value is -1.73. The van der Waals surface area contributed by atoms with E-state index in [1.165, 1.54) is 0 Å². The highest BCUT2D eigenvalue weighted by Crippen LogP contribution is 2.30. The van der Waals surface area contributed by atoms with Gasteiger partial charge in [0.25, 0.3) is 5.91 Å². The molecule has 0 unspecified atom stereocenters. The lowest BCUT2D eigenvalue weighted by Gasteiger charge is -2.22. The Kier molecular flexibility index (Phi) is 8.28. The standard InChI is InChI=1S/C22H23Cl3N4OS/c1-4-29-20(19(13(2)3)26-21(30)15-7-5-6-8-16(15)23)27-28-22(29)31-12-14-9-10-17(24)18(25)11-14/h5-11,13,19H,4,12H2,1-3H3,(H,26,30)/t19-/m0/s1. The molecule has 1 atom stereocenters. The third kappa shape index (κ3) is 5.75. The van der Waals surface area contributed by atoms with Gasteiger partial charge in [-0.05, 0) is 42.7 Å². The zero-order chi connectivity index (χ0) is 22.5. The van der Waals surface area contributed by atoms with Crippen LogP contribution in [0.25, 0.3) is 0 Å². The van der Waals surface area contributed by atoms with Crippen molar-refractivity contribution >= 4 is 52.5 Å². The molecule has 0 aliphatic rings. The Morgan fingerprint density at radius 3 is 2.45 bits per heavy atom. The molecule has 1 heterocycles. The number of benzene rings is 2. The smallest absolute Gasteiger partial charge is 0.253 e. The number of aromatic nitrogens is 3. The van der Waals surface area contributed by atoms with Crippen LogP contribution >= 0.6 is 46.6 Å². The fraction of sp³-hybridized carbons (Fsp3) is 0.318. The second-order valence-electron chi connectivity index (χ2n) is 7.30. The van der Waals surface area contributed by atoms with E-state index in [1.54, 1.807) is 42.1 Å². The summed E-state index contributed by atoms with van der Waals surface area (Å²) in [5.41, 5.74) is 1.48. The predicted octanol–water partition coefficient (Wildman–Crippen LogP) is 6.68. The highest BCUT2D eigenvalue weighted by Gasteiger charge is 2.26. The number of hydrogen-bond acceptors (Lipinski definition) is 4. The lowest BCUT2D eigenvalue weighted by Crippen LogP contribution is -2.34. The van der Waals surface area contributed by atoms with Gasteiger partial charge in [-0.3, -0.25) is 4.79 Å². The Balaban J connectivity index is 1.81. The molecule has 5 nitrogen and oxygen atoms in total. The molecule has 0 bridgehead atoms. The van der Waals surface area contributed by atoms with Gasteiger partial charge in [-0.1, -0.05) is 78.6 Å². The van der Waals surface area contributed by atoms with Crippen molar-refractivity contribution in [3.05, 3.63) is 74.5 Å². The van der Waals surface area contributed by atoms with Crippen LogP contribution in [0.4, 0.5) is 0 Å². The van der Waals surface area contributed by atoms with Gasteiger partial charge < -0.3 is 9.88 Å². The maximum absolute atomic E-state index is 12.8. The molecule has 9 heteroatoms. The lowest BCUT2D eigenvalue weighted by molar-refractivity contribution is 0.0922. The maximum Gasteiger partial charge on any atom is 0.253 e. The van der Waals surface area contributed by atoms with Crippen LogP contribution in [-0.2, 0) is 12.3 Å². The topological polar surface area (TPSA) is 59.8 Å². The molecule has 0 saturated heterocycles. The fourth-order valence-electron chi connectivity index (χ4n) is 3.11. The molecule has 0 saturated carbocycles. The van der Waals surface area contributed by atoms with Gasteiger partial charge in [-0.15, -0.1) is 10.2 Å². The van der Waals surface area contributed by atoms with Crippen LogP contribution in [0.15, 0.2) is 47.6 Å². The second kappa shape index (κ2) is 10.7. The molecule has 2 aromatic carbocycles. The van der Waals surface area contributed by atoms with E-state index in [0.29, 0.717) is 32.9 Å². The Bertz CT molecular complexity index is 1070. The quantitative estimate of drug-likeness (QED) is 0.353. The van der Waals surface area contributed by atoms with Gasteiger partial charge in [0, 0.05) is 12.3 Å². The summed E-state index contributed by atoms with van der Waals surface area (Å²) in [5.74, 6) is 1.26. The number of nitrogens with zero attached hydrogens (tertiary/aromatic N) is 3. The molecule has 164 valence electrons. The van der Waals surface area contributed by atoms with Crippen LogP contribution < -0.4 is 5.32 Å². The molecule has 3 aromatic rings. The summed E-state index contributed by atoms with van der Waals surface area (Å²) < 4.78 is 2.03. The first-order chi connectivity index (χ1) is 14.8. The number of hydrogen-bond donors (Lipinski definition) is 1. The van der Waals surface area contributed by atoms with Crippen molar-refractivity contribution in [3.8, 4) is 0 Å². The van der Waals surface area contributed by atoms with Crippen LogP contribution in [0.1, 0.15) is 48.6 Å². The van der Waals surface area contributed by atoms with E-state index in [2.05, 4.69) is 15.5 Å². The Morgan fingerprint density at radius 1 is 1.06 bits per heavy atom. The van der Waals surface area contributed by atoms with Gasteiger partial charge in [0.1, 0.15) is 0 Å². The van der Waals surface area contributed by atoms with E-state index in [4.69, 9.17) is 34.8 Å². The van der Waals surface area contributed by atoms with Crippen molar-refractivity contribution in [2.45, 2.75) is 44.3 Å². The van der Waals surface area contributed by atoms with Crippen LogP contribution in [-0.4, -0.2) is 20.7 Å². The number of carbonyl (C=O) groups excluding carboxylic acids is 1. The molecule has 0 aliphatic carbocycles. The monoisotopic (exact) mass is 496 g/mol. The molecule has 1 aromatic heterocycles. The second-order valence-corrected chi connectivity index (χ2v) is 9.46. The van der Waals surface area contributed by atoms with E-state index >= 15 is 0 Å². The molecule has 0 aliphatic heterocycles. The van der Waals surface area contributed by atoms with Crippen molar-refractivity contribution in [3.63, 3.8) is 0 Å². The average Bonchev–Trinajstić information content (AvgIpc) is 3.15. The Labute approximate surface area is 201 Å². The first-order valence-electron chi connectivity index (χ1n) is 9.87. The van der Waals surface area contributed by atoms with Crippen molar-refractivity contribution in [2.75, 3.05) is 0 Å². The molecule has 3 rings (SSSR count). The summed E-state index contributed by atoms with van der Waals surface area (Å²) in [6, 6.07) is 12.3. The van der Waals surface area contributed by atoms with Gasteiger partial charge in [-0.2, -0.15) is 0 Å². The van der Waals surface area contributed by atoms with E-state index in [1.807, 2.05) is 37.5 Å². The fourth-order valence-corrected chi connectivity index (χ4v) is 4.60. The average molecular weight is 498 g/mol. The minimum atomic E-state index is -0.310. The number of rotatable bonds is 8. The maximum atomic E-state index is 12.8. The number of amides is 1. The third-order valence-electron chi connectivity index (χ3n) is 4.76. The number of thioether (sulfide) groups is 1. The van der Waals surface area contributed by atoms with Gasteiger partial charge in [0.2, 0.25) is 0 Å². The van der Waals surface area contributed by atoms with Crippen LogP contribution in [0.5, 0.6) is 0 Å². The van der Waals surface area contributed by atoms with Crippen molar-refractivity contribution in [1.82, 2.24) is 20.1 Å². The third-order valence-corrected chi connectivity index (χ3v) is 6.87. The predicted molar refractivity (Wildman–Crippen MR) is 128 cm³/mol. The molecule has 1 N–H and O–H groups in total. The van der Waals surface area contributed by atoms with Crippen molar-refractivity contribution in [2.24, 2.45) is 5.92 Å². The first-order valence-corrected chi connectivity index (χ1v) is 12.0. The molecule has 0 fully saturated rings. The number of nitrogens with one attached hydrogen (secondary N) is 1. The van der Waals surface area contributed by atoms with Gasteiger partial charge in [-0.25, -0.2) is 0 Å². The molecule has 31 heavy (non-hydrogen) atoms. The lowest BCUT2D eigenvalue weighted by atomic mass is 10.0. The van der Waals surface area contributed by atoms with Crippen LogP contribution in [0.3, 0.4) is 0 Å². The van der Waals surface area contributed by atoms with Gasteiger partial charge in [0.05, 0.1) is 26.7 Å². The SMILES string of the molecule is CCn1c(SCc2ccc(Cl)c(Cl)c2)nnc1[C@@H](NC(=O)c1ccccc1Cl)C(C)C. The molecular weight excluding hydrogens is 475 g/mol.